The zero-order valence-corrected chi connectivity index (χ0v) is 20.2. The van der Waals surface area contributed by atoms with Crippen LogP contribution in [-0.4, -0.2) is 36.5 Å². The number of carbonyl (C=O) groups excluding carboxylic acids is 1. The number of halogens is 1. The minimum Gasteiger partial charge on any atom is -0.369 e. The van der Waals surface area contributed by atoms with Gasteiger partial charge in [-0.1, -0.05) is 19.1 Å². The molecule has 5 nitrogen and oxygen atoms in total. The molecule has 2 saturated carbocycles. The molecule has 182 valence electrons. The van der Waals surface area contributed by atoms with Crippen molar-refractivity contribution in [2.75, 3.05) is 13.1 Å². The van der Waals surface area contributed by atoms with Gasteiger partial charge in [-0.15, -0.1) is 0 Å². The summed E-state index contributed by atoms with van der Waals surface area (Å²) in [5.41, 5.74) is 9.86. The number of nitrogens with two attached hydrogens (primary N) is 1. The average molecular weight is 465 g/mol. The summed E-state index contributed by atoms with van der Waals surface area (Å²) in [4.78, 5) is 22.4. The van der Waals surface area contributed by atoms with Gasteiger partial charge < -0.3 is 11.1 Å². The van der Waals surface area contributed by atoms with Crippen LogP contribution in [-0.2, 0) is 11.2 Å². The number of benzene rings is 1. The highest BCUT2D eigenvalue weighted by molar-refractivity contribution is 5.99. The third-order valence-corrected chi connectivity index (χ3v) is 8.53. The van der Waals surface area contributed by atoms with Crippen molar-refractivity contribution in [3.05, 3.63) is 41.7 Å². The zero-order chi connectivity index (χ0) is 23.7. The van der Waals surface area contributed by atoms with E-state index in [0.29, 0.717) is 30.4 Å². The van der Waals surface area contributed by atoms with Crippen molar-refractivity contribution in [1.29, 1.82) is 0 Å². The zero-order valence-electron chi connectivity index (χ0n) is 20.2. The number of nitrogens with zero attached hydrogens (tertiary/aromatic N) is 2. The third-order valence-electron chi connectivity index (χ3n) is 8.53. The lowest BCUT2D eigenvalue weighted by molar-refractivity contribution is -0.124. The normalized spacial score (nSPS) is 35.8. The standard InChI is InChI=1S/C28H37FN4O/c1-17-9-10-25-23(29)7-2-3-8-24(17)32-21-6-4-5-18(13-21)11-12-31-16-20-14-19-15-22(20)27(33-25)26(19)28(30)34/h4-7,13,17,19-20,22,26-27,31H,2-3,8-12,14-16H2,1H3,(H2,30,34)/b23-7+,32-24?,33-25?. The van der Waals surface area contributed by atoms with Gasteiger partial charge in [0.15, 0.2) is 0 Å². The molecule has 1 aromatic carbocycles. The Hall–Kier alpha value is -2.34. The van der Waals surface area contributed by atoms with Crippen molar-refractivity contribution < 1.29 is 9.18 Å². The Bertz CT molecular complexity index is 1020. The van der Waals surface area contributed by atoms with Crippen molar-refractivity contribution in [3.63, 3.8) is 0 Å². The second-order valence-corrected chi connectivity index (χ2v) is 10.8. The van der Waals surface area contributed by atoms with Gasteiger partial charge in [0.25, 0.3) is 0 Å². The largest absolute Gasteiger partial charge is 0.369 e. The maximum atomic E-state index is 15.3. The molecular weight excluding hydrogens is 427 g/mol. The number of aliphatic imine (C=N–C) groups is 2. The van der Waals surface area contributed by atoms with Crippen molar-refractivity contribution in [2.45, 2.75) is 64.3 Å². The fraction of sp³-hybridized carbons (Fsp3) is 0.607. The monoisotopic (exact) mass is 464 g/mol. The van der Waals surface area contributed by atoms with E-state index in [4.69, 9.17) is 15.7 Å². The second kappa shape index (κ2) is 10.1. The number of fused-ring (bicyclic) bond motifs is 7. The van der Waals surface area contributed by atoms with E-state index in [-0.39, 0.29) is 35.5 Å². The summed E-state index contributed by atoms with van der Waals surface area (Å²) in [7, 11) is 0. The Morgan fingerprint density at radius 2 is 2.06 bits per heavy atom. The van der Waals surface area contributed by atoms with E-state index in [1.165, 1.54) is 11.3 Å². The van der Waals surface area contributed by atoms with Crippen molar-refractivity contribution in [2.24, 2.45) is 45.3 Å². The van der Waals surface area contributed by atoms with E-state index < -0.39 is 0 Å². The molecule has 4 aliphatic rings. The van der Waals surface area contributed by atoms with Crippen molar-refractivity contribution in [1.82, 2.24) is 5.32 Å². The number of allylic oxidation sites excluding steroid dienone is 2. The number of primary amides is 1. The van der Waals surface area contributed by atoms with Crippen molar-refractivity contribution >= 4 is 23.0 Å². The quantitative estimate of drug-likeness (QED) is 0.618. The first-order valence-electron chi connectivity index (χ1n) is 13.1. The molecule has 6 atom stereocenters. The van der Waals surface area contributed by atoms with E-state index in [2.05, 4.69) is 36.5 Å². The Morgan fingerprint density at radius 3 is 2.91 bits per heavy atom. The van der Waals surface area contributed by atoms with Gasteiger partial charge in [-0.25, -0.2) is 4.39 Å². The Morgan fingerprint density at radius 1 is 1.18 bits per heavy atom. The van der Waals surface area contributed by atoms with Gasteiger partial charge in [0, 0.05) is 5.71 Å². The minimum atomic E-state index is -0.273. The van der Waals surface area contributed by atoms with E-state index in [1.54, 1.807) is 6.08 Å². The summed E-state index contributed by atoms with van der Waals surface area (Å²) in [5.74, 6) is 0.513. The number of carbonyl (C=O) groups is 1. The first-order valence-corrected chi connectivity index (χ1v) is 13.1. The van der Waals surface area contributed by atoms with Crippen LogP contribution in [0.25, 0.3) is 0 Å². The lowest BCUT2D eigenvalue weighted by Gasteiger charge is -2.33. The highest BCUT2D eigenvalue weighted by Gasteiger charge is 2.54. The predicted molar refractivity (Wildman–Crippen MR) is 135 cm³/mol. The van der Waals surface area contributed by atoms with Crippen LogP contribution in [0.15, 0.2) is 46.2 Å². The number of hydrogen-bond donors (Lipinski definition) is 2. The molecule has 0 saturated heterocycles. The maximum absolute atomic E-state index is 15.3. The smallest absolute Gasteiger partial charge is 0.222 e. The lowest BCUT2D eigenvalue weighted by Crippen LogP contribution is -2.42. The Balaban J connectivity index is 1.52. The van der Waals surface area contributed by atoms with E-state index in [1.807, 2.05) is 0 Å². The van der Waals surface area contributed by atoms with Gasteiger partial charge in [0.05, 0.1) is 23.4 Å². The first kappa shape index (κ1) is 23.4. The van der Waals surface area contributed by atoms with Gasteiger partial charge in [0.1, 0.15) is 5.83 Å². The maximum Gasteiger partial charge on any atom is 0.222 e. The molecule has 1 amide bonds. The van der Waals surface area contributed by atoms with Gasteiger partial charge in [-0.3, -0.25) is 14.8 Å². The van der Waals surface area contributed by atoms with E-state index in [0.717, 1.165) is 57.3 Å². The third kappa shape index (κ3) is 4.88. The van der Waals surface area contributed by atoms with Crippen LogP contribution in [0.5, 0.6) is 0 Å². The summed E-state index contributed by atoms with van der Waals surface area (Å²) in [5, 5.41) is 3.64. The van der Waals surface area contributed by atoms with Crippen LogP contribution < -0.4 is 11.1 Å². The van der Waals surface area contributed by atoms with E-state index >= 15 is 4.39 Å². The summed E-state index contributed by atoms with van der Waals surface area (Å²) in [6.45, 7) is 4.01. The van der Waals surface area contributed by atoms with Gasteiger partial charge in [-0.2, -0.15) is 0 Å². The van der Waals surface area contributed by atoms with Gasteiger partial charge in [-0.05, 0) is 112 Å². The molecule has 3 N–H and O–H groups in total. The Labute approximate surface area is 202 Å². The number of amides is 1. The van der Waals surface area contributed by atoms with Crippen LogP contribution in [0.4, 0.5) is 10.1 Å². The summed E-state index contributed by atoms with van der Waals surface area (Å²) < 4.78 is 15.3. The molecule has 1 aromatic rings. The number of hydrogen-bond acceptors (Lipinski definition) is 4. The molecule has 6 unspecified atom stereocenters. The highest BCUT2D eigenvalue weighted by Crippen LogP contribution is 2.53. The molecule has 5 rings (SSSR count). The molecule has 3 aliphatic carbocycles. The Kier molecular flexibility index (Phi) is 6.96. The molecule has 0 aromatic heterocycles. The van der Waals surface area contributed by atoms with Crippen LogP contribution in [0, 0.1) is 29.6 Å². The lowest BCUT2D eigenvalue weighted by atomic mass is 9.77. The summed E-state index contributed by atoms with van der Waals surface area (Å²) in [6, 6.07) is 8.36. The van der Waals surface area contributed by atoms with Crippen LogP contribution >= 0.6 is 0 Å². The second-order valence-electron chi connectivity index (χ2n) is 10.8. The van der Waals surface area contributed by atoms with Gasteiger partial charge in [0.2, 0.25) is 5.91 Å². The fourth-order valence-electron chi connectivity index (χ4n) is 6.73. The van der Waals surface area contributed by atoms with E-state index in [9.17, 15) is 4.79 Å². The SMILES string of the molecule is CC1CCC2=NC3C4CC(CC4CNCCc4cccc(c4)N=C1CCC/C=C\2F)C3C(N)=O. The molecule has 34 heavy (non-hydrogen) atoms. The predicted octanol–water partition coefficient (Wildman–Crippen LogP) is 4.93. The van der Waals surface area contributed by atoms with Crippen LogP contribution in [0.2, 0.25) is 0 Å². The molecule has 0 spiro atoms. The molecule has 1 heterocycles. The first-order chi connectivity index (χ1) is 16.5. The van der Waals surface area contributed by atoms with Crippen LogP contribution in [0.1, 0.15) is 57.4 Å². The number of nitrogens with one attached hydrogen (secondary N) is 1. The van der Waals surface area contributed by atoms with Crippen LogP contribution in [0.3, 0.4) is 0 Å². The summed E-state index contributed by atoms with van der Waals surface area (Å²) in [6.07, 6.45) is 8.40. The summed E-state index contributed by atoms with van der Waals surface area (Å²) >= 11 is 0. The van der Waals surface area contributed by atoms with Crippen molar-refractivity contribution in [3.8, 4) is 0 Å². The number of rotatable bonds is 1. The highest BCUT2D eigenvalue weighted by atomic mass is 19.1. The minimum absolute atomic E-state index is 0.200. The molecule has 0 radical (unpaired) electrons. The fourth-order valence-corrected chi connectivity index (χ4v) is 6.73. The average Bonchev–Trinajstić information content (AvgIpc) is 3.38. The van der Waals surface area contributed by atoms with Gasteiger partial charge >= 0.3 is 0 Å². The topological polar surface area (TPSA) is 79.8 Å². The molecule has 1 aliphatic heterocycles. The molecular formula is C28H37FN4O. The molecule has 6 heteroatoms. The molecule has 2 fully saturated rings. The molecule has 6 bridgehead atoms.